The standard InChI is InChI=1S/C21H38N2O2/c1-5-13-23(16-17-9-7-6-8-10-17)19(24)18-11-14-22(15-12-18)20(25)21(2,3)4/h17-18H,5-16H2,1-4H3. The minimum Gasteiger partial charge on any atom is -0.342 e. The Morgan fingerprint density at radius 2 is 1.60 bits per heavy atom. The summed E-state index contributed by atoms with van der Waals surface area (Å²) in [6.45, 7) is 11.4. The molecule has 2 rings (SSSR count). The quantitative estimate of drug-likeness (QED) is 0.749. The van der Waals surface area contributed by atoms with Gasteiger partial charge in [0, 0.05) is 37.5 Å². The minimum absolute atomic E-state index is 0.110. The summed E-state index contributed by atoms with van der Waals surface area (Å²) < 4.78 is 0. The SMILES string of the molecule is CCCN(CC1CCCCC1)C(=O)C1CCN(C(=O)C(C)(C)C)CC1. The van der Waals surface area contributed by atoms with E-state index >= 15 is 0 Å². The van der Waals surface area contributed by atoms with Gasteiger partial charge in [-0.1, -0.05) is 47.0 Å². The van der Waals surface area contributed by atoms with E-state index in [0.29, 0.717) is 11.8 Å². The number of nitrogens with zero attached hydrogens (tertiary/aromatic N) is 2. The molecule has 0 aromatic rings. The molecule has 144 valence electrons. The van der Waals surface area contributed by atoms with Gasteiger partial charge in [-0.2, -0.15) is 0 Å². The number of piperidine rings is 1. The van der Waals surface area contributed by atoms with E-state index in [2.05, 4.69) is 11.8 Å². The molecule has 2 amide bonds. The Balaban J connectivity index is 1.88. The molecule has 1 saturated heterocycles. The van der Waals surface area contributed by atoms with Gasteiger partial charge in [0.1, 0.15) is 0 Å². The largest absolute Gasteiger partial charge is 0.342 e. The number of hydrogen-bond donors (Lipinski definition) is 0. The molecule has 0 spiro atoms. The molecule has 2 aliphatic rings. The van der Waals surface area contributed by atoms with E-state index in [0.717, 1.165) is 45.4 Å². The molecular formula is C21H38N2O2. The summed E-state index contributed by atoms with van der Waals surface area (Å²) in [5.41, 5.74) is -0.327. The van der Waals surface area contributed by atoms with Crippen molar-refractivity contribution in [1.29, 1.82) is 0 Å². The van der Waals surface area contributed by atoms with E-state index in [4.69, 9.17) is 0 Å². The molecule has 0 N–H and O–H groups in total. The average molecular weight is 351 g/mol. The second-order valence-corrected chi connectivity index (χ2v) is 9.10. The second-order valence-electron chi connectivity index (χ2n) is 9.10. The molecule has 25 heavy (non-hydrogen) atoms. The molecule has 0 atom stereocenters. The van der Waals surface area contributed by atoms with Crippen molar-refractivity contribution in [2.45, 2.75) is 79.1 Å². The maximum Gasteiger partial charge on any atom is 0.227 e. The number of rotatable bonds is 5. The van der Waals surface area contributed by atoms with Gasteiger partial charge in [0.15, 0.2) is 0 Å². The van der Waals surface area contributed by atoms with Gasteiger partial charge in [-0.3, -0.25) is 9.59 Å². The Morgan fingerprint density at radius 3 is 2.12 bits per heavy atom. The summed E-state index contributed by atoms with van der Waals surface area (Å²) >= 11 is 0. The van der Waals surface area contributed by atoms with E-state index in [1.54, 1.807) is 0 Å². The van der Waals surface area contributed by atoms with Crippen LogP contribution in [-0.2, 0) is 9.59 Å². The van der Waals surface area contributed by atoms with E-state index in [1.807, 2.05) is 25.7 Å². The van der Waals surface area contributed by atoms with E-state index in [-0.39, 0.29) is 17.2 Å². The van der Waals surface area contributed by atoms with Crippen LogP contribution in [0.15, 0.2) is 0 Å². The topological polar surface area (TPSA) is 40.6 Å². The number of carbonyl (C=O) groups excluding carboxylic acids is 2. The first-order valence-electron chi connectivity index (χ1n) is 10.4. The summed E-state index contributed by atoms with van der Waals surface area (Å²) in [4.78, 5) is 29.6. The van der Waals surface area contributed by atoms with Crippen LogP contribution in [0.5, 0.6) is 0 Å². The van der Waals surface area contributed by atoms with Crippen molar-refractivity contribution in [3.63, 3.8) is 0 Å². The molecule has 1 aliphatic heterocycles. The predicted molar refractivity (Wildman–Crippen MR) is 102 cm³/mol. The molecule has 4 nitrogen and oxygen atoms in total. The zero-order chi connectivity index (χ0) is 18.4. The molecule has 2 fully saturated rings. The lowest BCUT2D eigenvalue weighted by Gasteiger charge is -2.38. The lowest BCUT2D eigenvalue weighted by Crippen LogP contribution is -2.48. The number of hydrogen-bond acceptors (Lipinski definition) is 2. The van der Waals surface area contributed by atoms with Gasteiger partial charge in [0.25, 0.3) is 0 Å². The van der Waals surface area contributed by atoms with E-state index in [9.17, 15) is 9.59 Å². The molecule has 1 saturated carbocycles. The zero-order valence-electron chi connectivity index (χ0n) is 16.9. The van der Waals surface area contributed by atoms with E-state index < -0.39 is 0 Å². The highest BCUT2D eigenvalue weighted by molar-refractivity contribution is 5.82. The van der Waals surface area contributed by atoms with Gasteiger partial charge in [-0.05, 0) is 38.0 Å². The van der Waals surface area contributed by atoms with Gasteiger partial charge in [-0.15, -0.1) is 0 Å². The van der Waals surface area contributed by atoms with E-state index in [1.165, 1.54) is 32.1 Å². The monoisotopic (exact) mass is 350 g/mol. The third kappa shape index (κ3) is 5.72. The summed E-state index contributed by atoms with van der Waals surface area (Å²) in [6, 6.07) is 0. The molecule has 0 aromatic carbocycles. The summed E-state index contributed by atoms with van der Waals surface area (Å²) in [5.74, 6) is 1.37. The van der Waals surface area contributed by atoms with Crippen molar-refractivity contribution in [3.8, 4) is 0 Å². The summed E-state index contributed by atoms with van der Waals surface area (Å²) in [5, 5.41) is 0. The van der Waals surface area contributed by atoms with Crippen LogP contribution in [0.3, 0.4) is 0 Å². The van der Waals surface area contributed by atoms with Gasteiger partial charge in [-0.25, -0.2) is 0 Å². The fourth-order valence-electron chi connectivity index (χ4n) is 4.30. The molecule has 1 aliphatic carbocycles. The third-order valence-corrected chi connectivity index (χ3v) is 5.78. The van der Waals surface area contributed by atoms with Crippen LogP contribution in [0, 0.1) is 17.3 Å². The number of likely N-dealkylation sites (tertiary alicyclic amines) is 1. The van der Waals surface area contributed by atoms with Crippen molar-refractivity contribution in [3.05, 3.63) is 0 Å². The maximum absolute atomic E-state index is 13.1. The molecular weight excluding hydrogens is 312 g/mol. The molecule has 4 heteroatoms. The third-order valence-electron chi connectivity index (χ3n) is 5.78. The lowest BCUT2D eigenvalue weighted by atomic mass is 9.87. The van der Waals surface area contributed by atoms with Crippen molar-refractivity contribution in [1.82, 2.24) is 9.80 Å². The van der Waals surface area contributed by atoms with Crippen LogP contribution < -0.4 is 0 Å². The van der Waals surface area contributed by atoms with Crippen molar-refractivity contribution < 1.29 is 9.59 Å². The fraction of sp³-hybridized carbons (Fsp3) is 0.905. The Morgan fingerprint density at radius 1 is 1.00 bits per heavy atom. The van der Waals surface area contributed by atoms with Gasteiger partial charge >= 0.3 is 0 Å². The lowest BCUT2D eigenvalue weighted by molar-refractivity contribution is -0.145. The first kappa shape index (κ1) is 20.3. The normalized spacial score (nSPS) is 20.6. The van der Waals surface area contributed by atoms with Crippen LogP contribution in [-0.4, -0.2) is 47.8 Å². The Kier molecular flexibility index (Phi) is 7.33. The number of carbonyl (C=O) groups is 2. The van der Waals surface area contributed by atoms with Gasteiger partial charge in [0.2, 0.25) is 11.8 Å². The minimum atomic E-state index is -0.327. The average Bonchev–Trinajstić information content (AvgIpc) is 2.60. The Hall–Kier alpha value is -1.06. The van der Waals surface area contributed by atoms with Crippen LogP contribution >= 0.6 is 0 Å². The van der Waals surface area contributed by atoms with Crippen LogP contribution in [0.4, 0.5) is 0 Å². The fourth-order valence-corrected chi connectivity index (χ4v) is 4.30. The molecule has 0 unspecified atom stereocenters. The summed E-state index contributed by atoms with van der Waals surface area (Å²) in [6.07, 6.45) is 9.26. The predicted octanol–water partition coefficient (Wildman–Crippen LogP) is 4.09. The highest BCUT2D eigenvalue weighted by atomic mass is 16.2. The molecule has 1 heterocycles. The van der Waals surface area contributed by atoms with Crippen molar-refractivity contribution in [2.24, 2.45) is 17.3 Å². The first-order chi connectivity index (χ1) is 11.8. The number of amides is 2. The second kappa shape index (κ2) is 9.05. The van der Waals surface area contributed by atoms with Gasteiger partial charge in [0.05, 0.1) is 0 Å². The van der Waals surface area contributed by atoms with Gasteiger partial charge < -0.3 is 9.80 Å². The highest BCUT2D eigenvalue weighted by Gasteiger charge is 2.34. The Labute approximate surface area is 154 Å². The molecule has 0 radical (unpaired) electrons. The van der Waals surface area contributed by atoms with Crippen molar-refractivity contribution >= 4 is 11.8 Å². The molecule has 0 bridgehead atoms. The van der Waals surface area contributed by atoms with Crippen LogP contribution in [0.2, 0.25) is 0 Å². The highest BCUT2D eigenvalue weighted by Crippen LogP contribution is 2.28. The van der Waals surface area contributed by atoms with Crippen LogP contribution in [0.1, 0.15) is 79.1 Å². The smallest absolute Gasteiger partial charge is 0.227 e. The summed E-state index contributed by atoms with van der Waals surface area (Å²) in [7, 11) is 0. The zero-order valence-corrected chi connectivity index (χ0v) is 16.9. The Bertz CT molecular complexity index is 441. The molecule has 0 aromatic heterocycles. The van der Waals surface area contributed by atoms with Crippen molar-refractivity contribution in [2.75, 3.05) is 26.2 Å². The maximum atomic E-state index is 13.1. The van der Waals surface area contributed by atoms with Crippen LogP contribution in [0.25, 0.3) is 0 Å². The first-order valence-corrected chi connectivity index (χ1v) is 10.4.